The molecule has 19 heavy (non-hydrogen) atoms. The molecule has 0 radical (unpaired) electrons. The van der Waals surface area contributed by atoms with Crippen LogP contribution in [0.4, 0.5) is 0 Å². The molecule has 1 aromatic carbocycles. The number of para-hydroxylation sites is 2. The minimum atomic E-state index is 0.201. The highest BCUT2D eigenvalue weighted by Gasteiger charge is 2.13. The van der Waals surface area contributed by atoms with Gasteiger partial charge in [0.25, 0.3) is 0 Å². The molecule has 0 bridgehead atoms. The van der Waals surface area contributed by atoms with E-state index in [9.17, 15) is 0 Å². The molecule has 3 heteroatoms. The Hall–Kier alpha value is -1.28. The number of aromatic nitrogens is 2. The number of imidazole rings is 1. The lowest BCUT2D eigenvalue weighted by Crippen LogP contribution is -2.01. The molecule has 1 aromatic heterocycles. The zero-order valence-electron chi connectivity index (χ0n) is 11.3. The van der Waals surface area contributed by atoms with Gasteiger partial charge in [-0.05, 0) is 31.4 Å². The topological polar surface area (TPSA) is 17.8 Å². The van der Waals surface area contributed by atoms with Gasteiger partial charge in [-0.2, -0.15) is 0 Å². The van der Waals surface area contributed by atoms with Crippen molar-refractivity contribution in [2.75, 3.05) is 0 Å². The first kappa shape index (κ1) is 12.7. The summed E-state index contributed by atoms with van der Waals surface area (Å²) in [5.41, 5.74) is 3.72. The highest BCUT2D eigenvalue weighted by Crippen LogP contribution is 2.24. The molecule has 0 aliphatic heterocycles. The van der Waals surface area contributed by atoms with Gasteiger partial charge in [-0.1, -0.05) is 30.2 Å². The van der Waals surface area contributed by atoms with Gasteiger partial charge in [0.2, 0.25) is 0 Å². The van der Waals surface area contributed by atoms with Crippen LogP contribution in [-0.2, 0) is 13.5 Å². The third kappa shape index (κ3) is 2.69. The monoisotopic (exact) mass is 274 g/mol. The molecule has 0 N–H and O–H groups in total. The maximum absolute atomic E-state index is 6.30. The zero-order valence-corrected chi connectivity index (χ0v) is 12.0. The maximum Gasteiger partial charge on any atom is 0.113 e. The Morgan fingerprint density at radius 2 is 2.16 bits per heavy atom. The van der Waals surface area contributed by atoms with Crippen molar-refractivity contribution in [3.8, 4) is 0 Å². The van der Waals surface area contributed by atoms with Crippen molar-refractivity contribution in [2.24, 2.45) is 7.05 Å². The van der Waals surface area contributed by atoms with Gasteiger partial charge < -0.3 is 4.57 Å². The van der Waals surface area contributed by atoms with Crippen molar-refractivity contribution in [2.45, 2.75) is 37.5 Å². The minimum absolute atomic E-state index is 0.201. The minimum Gasteiger partial charge on any atom is -0.331 e. The summed E-state index contributed by atoms with van der Waals surface area (Å²) in [4.78, 5) is 4.74. The SMILES string of the molecule is Cn1c(CC2=CC(Cl)CCCC2)nc2ccccc21. The second-order valence-electron chi connectivity index (χ2n) is 5.34. The fourth-order valence-electron chi connectivity index (χ4n) is 2.82. The quantitative estimate of drug-likeness (QED) is 0.592. The maximum atomic E-state index is 6.30. The van der Waals surface area contributed by atoms with Crippen LogP contribution in [0.5, 0.6) is 0 Å². The zero-order chi connectivity index (χ0) is 13.2. The number of hydrogen-bond acceptors (Lipinski definition) is 1. The molecule has 1 aliphatic carbocycles. The lowest BCUT2D eigenvalue weighted by Gasteiger charge is -2.06. The Balaban J connectivity index is 1.90. The summed E-state index contributed by atoms with van der Waals surface area (Å²) in [7, 11) is 2.10. The van der Waals surface area contributed by atoms with Gasteiger partial charge in [0.05, 0.1) is 16.4 Å². The number of allylic oxidation sites excluding steroid dienone is 2. The van der Waals surface area contributed by atoms with E-state index < -0.39 is 0 Å². The molecule has 0 spiro atoms. The molecule has 3 rings (SSSR count). The first-order valence-corrected chi connectivity index (χ1v) is 7.41. The van der Waals surface area contributed by atoms with Gasteiger partial charge in [0, 0.05) is 13.5 Å². The first-order chi connectivity index (χ1) is 9.24. The predicted molar refractivity (Wildman–Crippen MR) is 80.6 cm³/mol. The molecule has 0 saturated heterocycles. The van der Waals surface area contributed by atoms with Crippen LogP contribution >= 0.6 is 11.6 Å². The van der Waals surface area contributed by atoms with Crippen molar-refractivity contribution in [3.63, 3.8) is 0 Å². The van der Waals surface area contributed by atoms with E-state index in [2.05, 4.69) is 35.9 Å². The van der Waals surface area contributed by atoms with Crippen LogP contribution in [0.2, 0.25) is 0 Å². The first-order valence-electron chi connectivity index (χ1n) is 6.98. The number of hydrogen-bond donors (Lipinski definition) is 0. The number of aryl methyl sites for hydroxylation is 1. The standard InChI is InChI=1S/C16H19ClN2/c1-19-15-9-5-4-8-14(15)18-16(19)11-12-6-2-3-7-13(17)10-12/h4-5,8-10,13H,2-3,6-7,11H2,1H3. The molecule has 2 nitrogen and oxygen atoms in total. The molecular formula is C16H19ClN2. The van der Waals surface area contributed by atoms with Crippen LogP contribution in [-0.4, -0.2) is 14.9 Å². The van der Waals surface area contributed by atoms with E-state index in [0.717, 1.165) is 30.6 Å². The summed E-state index contributed by atoms with van der Waals surface area (Å²) in [6.07, 6.45) is 7.91. The summed E-state index contributed by atoms with van der Waals surface area (Å²) in [5.74, 6) is 1.14. The highest BCUT2D eigenvalue weighted by atomic mass is 35.5. The summed E-state index contributed by atoms with van der Waals surface area (Å²) in [5, 5.41) is 0.201. The van der Waals surface area contributed by atoms with E-state index in [4.69, 9.17) is 16.6 Å². The Bertz CT molecular complexity index is 612. The average molecular weight is 275 g/mol. The van der Waals surface area contributed by atoms with Crippen molar-refractivity contribution in [1.82, 2.24) is 9.55 Å². The van der Waals surface area contributed by atoms with E-state index in [1.165, 1.54) is 23.9 Å². The molecule has 100 valence electrons. The number of nitrogens with zero attached hydrogens (tertiary/aromatic N) is 2. The molecule has 0 fully saturated rings. The summed E-state index contributed by atoms with van der Waals surface area (Å²) < 4.78 is 2.20. The third-order valence-electron chi connectivity index (χ3n) is 3.91. The predicted octanol–water partition coefficient (Wildman–Crippen LogP) is 4.22. The number of halogens is 1. The smallest absolute Gasteiger partial charge is 0.113 e. The Labute approximate surface area is 119 Å². The van der Waals surface area contributed by atoms with Crippen LogP contribution in [0, 0.1) is 0 Å². The summed E-state index contributed by atoms with van der Waals surface area (Å²) >= 11 is 6.30. The van der Waals surface area contributed by atoms with Crippen LogP contribution in [0.1, 0.15) is 31.5 Å². The van der Waals surface area contributed by atoms with Gasteiger partial charge in [-0.15, -0.1) is 11.6 Å². The molecular weight excluding hydrogens is 256 g/mol. The molecule has 0 saturated carbocycles. The van der Waals surface area contributed by atoms with Crippen LogP contribution in [0.15, 0.2) is 35.9 Å². The lowest BCUT2D eigenvalue weighted by molar-refractivity contribution is 0.704. The summed E-state index contributed by atoms with van der Waals surface area (Å²) in [6.45, 7) is 0. The van der Waals surface area contributed by atoms with Crippen molar-refractivity contribution >= 4 is 22.6 Å². The number of fused-ring (bicyclic) bond motifs is 1. The van der Waals surface area contributed by atoms with E-state index in [0.29, 0.717) is 0 Å². The Morgan fingerprint density at radius 3 is 3.00 bits per heavy atom. The number of rotatable bonds is 2. The summed E-state index contributed by atoms with van der Waals surface area (Å²) in [6, 6.07) is 8.30. The van der Waals surface area contributed by atoms with Crippen molar-refractivity contribution in [3.05, 3.63) is 41.7 Å². The average Bonchev–Trinajstić information content (AvgIpc) is 2.58. The molecule has 0 amide bonds. The molecule has 1 atom stereocenters. The number of benzene rings is 1. The van der Waals surface area contributed by atoms with Crippen LogP contribution in [0.25, 0.3) is 11.0 Å². The highest BCUT2D eigenvalue weighted by molar-refractivity contribution is 6.21. The van der Waals surface area contributed by atoms with Crippen LogP contribution in [0.3, 0.4) is 0 Å². The van der Waals surface area contributed by atoms with Gasteiger partial charge >= 0.3 is 0 Å². The lowest BCUT2D eigenvalue weighted by atomic mass is 10.1. The van der Waals surface area contributed by atoms with Gasteiger partial charge in [0.15, 0.2) is 0 Å². The number of alkyl halides is 1. The molecule has 2 aromatic rings. The Morgan fingerprint density at radius 1 is 1.32 bits per heavy atom. The Kier molecular flexibility index (Phi) is 3.61. The largest absolute Gasteiger partial charge is 0.331 e. The molecule has 1 aliphatic rings. The van der Waals surface area contributed by atoms with Gasteiger partial charge in [-0.3, -0.25) is 0 Å². The van der Waals surface area contributed by atoms with E-state index >= 15 is 0 Å². The third-order valence-corrected chi connectivity index (χ3v) is 4.25. The normalized spacial score (nSPS) is 20.3. The van der Waals surface area contributed by atoms with Crippen molar-refractivity contribution in [1.29, 1.82) is 0 Å². The van der Waals surface area contributed by atoms with Crippen molar-refractivity contribution < 1.29 is 0 Å². The van der Waals surface area contributed by atoms with E-state index in [1.807, 2.05) is 6.07 Å². The van der Waals surface area contributed by atoms with Gasteiger partial charge in [0.1, 0.15) is 5.82 Å². The van der Waals surface area contributed by atoms with Gasteiger partial charge in [-0.25, -0.2) is 4.98 Å². The molecule has 1 unspecified atom stereocenters. The fourth-order valence-corrected chi connectivity index (χ4v) is 3.15. The molecule has 1 heterocycles. The fraction of sp³-hybridized carbons (Fsp3) is 0.438. The van der Waals surface area contributed by atoms with E-state index in [-0.39, 0.29) is 5.38 Å². The second kappa shape index (κ2) is 5.38. The van der Waals surface area contributed by atoms with Crippen LogP contribution < -0.4 is 0 Å². The van der Waals surface area contributed by atoms with E-state index in [1.54, 1.807) is 0 Å². The second-order valence-corrected chi connectivity index (χ2v) is 5.90.